The van der Waals surface area contributed by atoms with Gasteiger partial charge in [-0.1, -0.05) is 60.7 Å². The summed E-state index contributed by atoms with van der Waals surface area (Å²) in [4.78, 5) is 23.9. The molecular weight excluding hydrogens is 378 g/mol. The number of hydrazone groups is 1. The number of amides is 2. The summed E-state index contributed by atoms with van der Waals surface area (Å²) in [6.07, 6.45) is 0.0803. The molecule has 3 rings (SSSR count). The van der Waals surface area contributed by atoms with Crippen LogP contribution in [0, 0.1) is 0 Å². The summed E-state index contributed by atoms with van der Waals surface area (Å²) in [5.74, 6) is -0.0100. The summed E-state index contributed by atoms with van der Waals surface area (Å²) in [6.45, 7) is 1.51. The average Bonchev–Trinajstić information content (AvgIpc) is 2.78. The Hall–Kier alpha value is -3.93. The number of nitrogens with one attached hydrogen (secondary N) is 2. The molecule has 0 heterocycles. The van der Waals surface area contributed by atoms with Gasteiger partial charge in [0.1, 0.15) is 5.75 Å². The van der Waals surface area contributed by atoms with Crippen LogP contribution in [-0.4, -0.2) is 24.1 Å². The normalized spacial score (nSPS) is 10.9. The van der Waals surface area contributed by atoms with E-state index in [0.29, 0.717) is 17.1 Å². The number of nitrogens with zero attached hydrogens (tertiary/aromatic N) is 1. The molecule has 0 aliphatic heterocycles. The lowest BCUT2D eigenvalue weighted by Crippen LogP contribution is -2.26. The van der Waals surface area contributed by atoms with E-state index in [2.05, 4.69) is 15.8 Å². The molecule has 0 unspecified atom stereocenters. The van der Waals surface area contributed by atoms with Gasteiger partial charge >= 0.3 is 0 Å². The minimum atomic E-state index is -0.398. The maximum Gasteiger partial charge on any atom is 0.277 e. The highest BCUT2D eigenvalue weighted by atomic mass is 16.5. The Morgan fingerprint density at radius 3 is 2.07 bits per heavy atom. The Labute approximate surface area is 175 Å². The molecule has 2 N–H and O–H groups in total. The molecule has 0 saturated carbocycles. The molecule has 0 aliphatic carbocycles. The van der Waals surface area contributed by atoms with Crippen molar-refractivity contribution in [2.75, 3.05) is 11.9 Å². The molecule has 6 nitrogen and oxygen atoms in total. The van der Waals surface area contributed by atoms with Crippen LogP contribution < -0.4 is 15.5 Å². The van der Waals surface area contributed by atoms with Crippen molar-refractivity contribution in [1.29, 1.82) is 0 Å². The first-order chi connectivity index (χ1) is 14.6. The Kier molecular flexibility index (Phi) is 7.33. The van der Waals surface area contributed by atoms with Crippen LogP contribution in [0.1, 0.15) is 13.3 Å². The number of carbonyl (C=O) groups is 2. The highest BCUT2D eigenvalue weighted by molar-refractivity contribution is 6.05. The van der Waals surface area contributed by atoms with E-state index in [1.54, 1.807) is 19.1 Å². The van der Waals surface area contributed by atoms with Crippen LogP contribution >= 0.6 is 0 Å². The Balaban J connectivity index is 1.42. The van der Waals surface area contributed by atoms with Gasteiger partial charge in [-0.25, -0.2) is 5.43 Å². The molecule has 3 aromatic rings. The van der Waals surface area contributed by atoms with Crippen LogP contribution in [-0.2, 0) is 9.59 Å². The maximum atomic E-state index is 12.0. The van der Waals surface area contributed by atoms with E-state index in [9.17, 15) is 9.59 Å². The van der Waals surface area contributed by atoms with Crippen LogP contribution in [0.15, 0.2) is 90.0 Å². The SMILES string of the molecule is CC(CC(=O)Nc1ccccc1)=NNC(=O)COc1ccc(-c2ccccc2)cc1. The second-order valence-electron chi connectivity index (χ2n) is 6.65. The fourth-order valence-corrected chi connectivity index (χ4v) is 2.71. The minimum Gasteiger partial charge on any atom is -0.484 e. The molecule has 0 radical (unpaired) electrons. The average molecular weight is 401 g/mol. The molecule has 0 fully saturated rings. The summed E-state index contributed by atoms with van der Waals surface area (Å²) in [5, 5.41) is 6.71. The van der Waals surface area contributed by atoms with E-state index in [1.807, 2.05) is 72.8 Å². The molecule has 0 bridgehead atoms. The Morgan fingerprint density at radius 1 is 0.800 bits per heavy atom. The number of carbonyl (C=O) groups excluding carboxylic acids is 2. The second kappa shape index (κ2) is 10.6. The van der Waals surface area contributed by atoms with Crippen molar-refractivity contribution in [2.45, 2.75) is 13.3 Å². The van der Waals surface area contributed by atoms with Crippen molar-refractivity contribution in [2.24, 2.45) is 5.10 Å². The number of para-hydroxylation sites is 1. The standard InChI is InChI=1S/C24H23N3O3/c1-18(16-23(28)25-21-10-6-3-7-11-21)26-27-24(29)17-30-22-14-12-20(13-15-22)19-8-4-2-5-9-19/h2-15H,16-17H2,1H3,(H,25,28)(H,27,29). The molecule has 152 valence electrons. The smallest absolute Gasteiger partial charge is 0.277 e. The molecule has 0 saturated heterocycles. The summed E-state index contributed by atoms with van der Waals surface area (Å²) in [7, 11) is 0. The van der Waals surface area contributed by atoms with Gasteiger partial charge in [0.2, 0.25) is 5.91 Å². The monoisotopic (exact) mass is 401 g/mol. The van der Waals surface area contributed by atoms with Gasteiger partial charge in [-0.3, -0.25) is 9.59 Å². The van der Waals surface area contributed by atoms with Crippen LogP contribution in [0.25, 0.3) is 11.1 Å². The van der Waals surface area contributed by atoms with Gasteiger partial charge in [-0.05, 0) is 42.3 Å². The molecule has 0 aliphatic rings. The second-order valence-corrected chi connectivity index (χ2v) is 6.65. The van der Waals surface area contributed by atoms with Crippen LogP contribution in [0.5, 0.6) is 5.75 Å². The van der Waals surface area contributed by atoms with Crippen molar-refractivity contribution in [3.8, 4) is 16.9 Å². The van der Waals surface area contributed by atoms with Gasteiger partial charge in [0, 0.05) is 11.4 Å². The highest BCUT2D eigenvalue weighted by Crippen LogP contribution is 2.21. The summed E-state index contributed by atoms with van der Waals surface area (Å²) < 4.78 is 5.49. The van der Waals surface area contributed by atoms with E-state index in [4.69, 9.17) is 4.74 Å². The number of hydrogen-bond donors (Lipinski definition) is 2. The summed E-state index contributed by atoms with van der Waals surface area (Å²) >= 11 is 0. The Morgan fingerprint density at radius 2 is 1.40 bits per heavy atom. The number of ether oxygens (including phenoxy) is 1. The third-order valence-electron chi connectivity index (χ3n) is 4.18. The summed E-state index contributed by atoms with van der Waals surface area (Å²) in [5.41, 5.74) is 5.79. The molecule has 30 heavy (non-hydrogen) atoms. The van der Waals surface area contributed by atoms with E-state index >= 15 is 0 Å². The molecule has 0 atom stereocenters. The third-order valence-corrected chi connectivity index (χ3v) is 4.18. The van der Waals surface area contributed by atoms with Gasteiger partial charge in [-0.2, -0.15) is 5.10 Å². The lowest BCUT2D eigenvalue weighted by atomic mass is 10.1. The molecular formula is C24H23N3O3. The zero-order valence-corrected chi connectivity index (χ0v) is 16.7. The first-order valence-corrected chi connectivity index (χ1v) is 9.55. The molecule has 2 amide bonds. The first kappa shape index (κ1) is 20.8. The van der Waals surface area contributed by atoms with Crippen molar-refractivity contribution < 1.29 is 14.3 Å². The molecule has 0 aromatic heterocycles. The lowest BCUT2D eigenvalue weighted by Gasteiger charge is -2.07. The predicted molar refractivity (Wildman–Crippen MR) is 118 cm³/mol. The van der Waals surface area contributed by atoms with Gasteiger partial charge in [-0.15, -0.1) is 0 Å². The Bertz CT molecular complexity index is 1000. The van der Waals surface area contributed by atoms with Crippen molar-refractivity contribution in [1.82, 2.24) is 5.43 Å². The van der Waals surface area contributed by atoms with Gasteiger partial charge in [0.15, 0.2) is 6.61 Å². The fourth-order valence-electron chi connectivity index (χ4n) is 2.71. The predicted octanol–water partition coefficient (Wildman–Crippen LogP) is 4.25. The number of anilines is 1. The van der Waals surface area contributed by atoms with Gasteiger partial charge < -0.3 is 10.1 Å². The quantitative estimate of drug-likeness (QED) is 0.437. The highest BCUT2D eigenvalue weighted by Gasteiger charge is 2.06. The fraction of sp³-hybridized carbons (Fsp3) is 0.125. The number of benzene rings is 3. The van der Waals surface area contributed by atoms with Crippen molar-refractivity contribution in [3.05, 3.63) is 84.9 Å². The minimum absolute atomic E-state index is 0.0803. The number of hydrogen-bond acceptors (Lipinski definition) is 4. The maximum absolute atomic E-state index is 12.0. The van der Waals surface area contributed by atoms with E-state index in [-0.39, 0.29) is 18.9 Å². The number of rotatable bonds is 8. The zero-order valence-electron chi connectivity index (χ0n) is 16.7. The van der Waals surface area contributed by atoms with E-state index in [0.717, 1.165) is 11.1 Å². The van der Waals surface area contributed by atoms with Crippen LogP contribution in [0.4, 0.5) is 5.69 Å². The van der Waals surface area contributed by atoms with Crippen LogP contribution in [0.2, 0.25) is 0 Å². The molecule has 6 heteroatoms. The first-order valence-electron chi connectivity index (χ1n) is 9.55. The van der Waals surface area contributed by atoms with Gasteiger partial charge in [0.05, 0.1) is 6.42 Å². The van der Waals surface area contributed by atoms with E-state index < -0.39 is 5.91 Å². The molecule has 3 aromatic carbocycles. The lowest BCUT2D eigenvalue weighted by molar-refractivity contribution is -0.123. The molecule has 0 spiro atoms. The van der Waals surface area contributed by atoms with Crippen molar-refractivity contribution >= 4 is 23.2 Å². The van der Waals surface area contributed by atoms with E-state index in [1.165, 1.54) is 0 Å². The summed E-state index contributed by atoms with van der Waals surface area (Å²) in [6, 6.07) is 26.7. The largest absolute Gasteiger partial charge is 0.484 e. The van der Waals surface area contributed by atoms with Gasteiger partial charge in [0.25, 0.3) is 5.91 Å². The third kappa shape index (κ3) is 6.60. The topological polar surface area (TPSA) is 79.8 Å². The zero-order chi connectivity index (χ0) is 21.2. The van der Waals surface area contributed by atoms with Crippen LogP contribution in [0.3, 0.4) is 0 Å². The van der Waals surface area contributed by atoms with Crippen molar-refractivity contribution in [3.63, 3.8) is 0 Å².